The molecule has 2 aromatic rings. The highest BCUT2D eigenvalue weighted by atomic mass is 32.2. The highest BCUT2D eigenvalue weighted by Gasteiger charge is 2.24. The van der Waals surface area contributed by atoms with Gasteiger partial charge in [-0.3, -0.25) is 4.79 Å². The quantitative estimate of drug-likeness (QED) is 0.685. The minimum atomic E-state index is -3.50. The standard InChI is InChI=1S/C22H26N2O4S/c25-22(17-7-11-20(12-8-17)28-19-3-1-2-4-19)24-18-9-13-21(14-10-18)29(26,27)23-15-16-5-6-16/h7-14,16,19,23H,1-6,15H2,(H,24,25). The average molecular weight is 415 g/mol. The van der Waals surface area contributed by atoms with E-state index in [0.717, 1.165) is 31.4 Å². The van der Waals surface area contributed by atoms with E-state index in [1.54, 1.807) is 24.3 Å². The van der Waals surface area contributed by atoms with Crippen LogP contribution in [0.2, 0.25) is 0 Å². The second-order valence-corrected chi connectivity index (χ2v) is 9.59. The van der Waals surface area contributed by atoms with Gasteiger partial charge in [-0.1, -0.05) is 0 Å². The fourth-order valence-corrected chi connectivity index (χ4v) is 4.55. The van der Waals surface area contributed by atoms with Crippen LogP contribution >= 0.6 is 0 Å². The Kier molecular flexibility index (Phi) is 5.87. The van der Waals surface area contributed by atoms with Crippen molar-refractivity contribution in [3.8, 4) is 5.75 Å². The summed E-state index contributed by atoms with van der Waals surface area (Å²) in [5.41, 5.74) is 1.06. The van der Waals surface area contributed by atoms with E-state index in [1.165, 1.54) is 25.0 Å². The summed E-state index contributed by atoms with van der Waals surface area (Å²) in [6.07, 6.45) is 7.04. The molecule has 6 nitrogen and oxygen atoms in total. The monoisotopic (exact) mass is 414 g/mol. The summed E-state index contributed by atoms with van der Waals surface area (Å²) in [6.45, 7) is 0.487. The molecule has 154 valence electrons. The number of anilines is 1. The molecule has 2 saturated carbocycles. The van der Waals surface area contributed by atoms with Crippen LogP contribution in [0.4, 0.5) is 5.69 Å². The molecule has 0 radical (unpaired) electrons. The summed E-state index contributed by atoms with van der Waals surface area (Å²) >= 11 is 0. The first-order chi connectivity index (χ1) is 14.0. The van der Waals surface area contributed by atoms with Gasteiger partial charge in [0.25, 0.3) is 5.91 Å². The van der Waals surface area contributed by atoms with Crippen molar-refractivity contribution in [3.63, 3.8) is 0 Å². The number of amides is 1. The number of hydrogen-bond donors (Lipinski definition) is 2. The Morgan fingerprint density at radius 2 is 1.59 bits per heavy atom. The lowest BCUT2D eigenvalue weighted by Gasteiger charge is -2.13. The Hall–Kier alpha value is -2.38. The van der Waals surface area contributed by atoms with Crippen LogP contribution in [0.3, 0.4) is 0 Å². The maximum absolute atomic E-state index is 12.5. The Labute approximate surface area is 171 Å². The highest BCUT2D eigenvalue weighted by Crippen LogP contribution is 2.28. The summed E-state index contributed by atoms with van der Waals surface area (Å²) in [4.78, 5) is 12.7. The lowest BCUT2D eigenvalue weighted by Crippen LogP contribution is -2.25. The van der Waals surface area contributed by atoms with E-state index in [0.29, 0.717) is 23.7 Å². The average Bonchev–Trinajstić information content (AvgIpc) is 3.42. The Bertz CT molecular complexity index is 945. The van der Waals surface area contributed by atoms with Gasteiger partial charge in [-0.15, -0.1) is 0 Å². The van der Waals surface area contributed by atoms with Crippen molar-refractivity contribution in [1.82, 2.24) is 4.72 Å². The number of carbonyl (C=O) groups excluding carboxylic acids is 1. The Morgan fingerprint density at radius 1 is 0.931 bits per heavy atom. The zero-order valence-electron chi connectivity index (χ0n) is 16.3. The third-order valence-electron chi connectivity index (χ3n) is 5.40. The van der Waals surface area contributed by atoms with Crippen LogP contribution in [-0.4, -0.2) is 27.0 Å². The third-order valence-corrected chi connectivity index (χ3v) is 6.84. The fraction of sp³-hybridized carbons (Fsp3) is 0.409. The first-order valence-electron chi connectivity index (χ1n) is 10.2. The molecule has 0 unspecified atom stereocenters. The highest BCUT2D eigenvalue weighted by molar-refractivity contribution is 7.89. The largest absolute Gasteiger partial charge is 0.490 e. The smallest absolute Gasteiger partial charge is 0.255 e. The fourth-order valence-electron chi connectivity index (χ4n) is 3.44. The van der Waals surface area contributed by atoms with Crippen LogP contribution in [0.1, 0.15) is 48.9 Å². The number of benzene rings is 2. The predicted octanol–water partition coefficient (Wildman–Crippen LogP) is 3.95. The van der Waals surface area contributed by atoms with E-state index in [-0.39, 0.29) is 16.9 Å². The summed E-state index contributed by atoms with van der Waals surface area (Å²) in [7, 11) is -3.50. The first kappa shape index (κ1) is 19.9. The Balaban J connectivity index is 1.34. The molecule has 2 aromatic carbocycles. The zero-order valence-corrected chi connectivity index (χ0v) is 17.1. The summed E-state index contributed by atoms with van der Waals surface area (Å²) in [5, 5.41) is 2.79. The number of carbonyl (C=O) groups is 1. The first-order valence-corrected chi connectivity index (χ1v) is 11.7. The number of nitrogens with one attached hydrogen (secondary N) is 2. The van der Waals surface area contributed by atoms with E-state index in [4.69, 9.17) is 4.74 Å². The Morgan fingerprint density at radius 3 is 2.21 bits per heavy atom. The second kappa shape index (κ2) is 8.55. The van der Waals surface area contributed by atoms with Gasteiger partial charge in [0.15, 0.2) is 0 Å². The zero-order chi connectivity index (χ0) is 20.3. The molecule has 2 N–H and O–H groups in total. The maximum atomic E-state index is 12.5. The molecule has 2 aliphatic carbocycles. The van der Waals surface area contributed by atoms with Crippen molar-refractivity contribution in [2.45, 2.75) is 49.5 Å². The molecule has 0 atom stereocenters. The number of hydrogen-bond acceptors (Lipinski definition) is 4. The maximum Gasteiger partial charge on any atom is 0.255 e. The van der Waals surface area contributed by atoms with Crippen LogP contribution in [0.15, 0.2) is 53.4 Å². The minimum Gasteiger partial charge on any atom is -0.490 e. The molecule has 2 fully saturated rings. The van der Waals surface area contributed by atoms with Crippen molar-refractivity contribution in [1.29, 1.82) is 0 Å². The van der Waals surface area contributed by atoms with E-state index in [9.17, 15) is 13.2 Å². The van der Waals surface area contributed by atoms with Gasteiger partial charge in [-0.25, -0.2) is 13.1 Å². The van der Waals surface area contributed by atoms with Crippen molar-refractivity contribution < 1.29 is 17.9 Å². The van der Waals surface area contributed by atoms with Crippen LogP contribution in [0, 0.1) is 5.92 Å². The summed E-state index contributed by atoms with van der Waals surface area (Å²) in [5.74, 6) is 1.000. The van der Waals surface area contributed by atoms with Crippen LogP contribution < -0.4 is 14.8 Å². The predicted molar refractivity (Wildman–Crippen MR) is 112 cm³/mol. The van der Waals surface area contributed by atoms with Gasteiger partial charge in [0.2, 0.25) is 10.0 Å². The molecule has 0 heterocycles. The molecule has 7 heteroatoms. The minimum absolute atomic E-state index is 0.199. The van der Waals surface area contributed by atoms with Gasteiger partial charge in [-0.2, -0.15) is 0 Å². The van der Waals surface area contributed by atoms with E-state index in [2.05, 4.69) is 10.0 Å². The van der Waals surface area contributed by atoms with Gasteiger partial charge in [0.05, 0.1) is 11.0 Å². The van der Waals surface area contributed by atoms with Crippen molar-refractivity contribution in [2.24, 2.45) is 5.92 Å². The molecule has 0 aliphatic heterocycles. The number of ether oxygens (including phenoxy) is 1. The molecule has 0 bridgehead atoms. The van der Waals surface area contributed by atoms with E-state index in [1.807, 2.05) is 12.1 Å². The van der Waals surface area contributed by atoms with Crippen LogP contribution in [0.25, 0.3) is 0 Å². The van der Waals surface area contributed by atoms with Crippen LogP contribution in [0.5, 0.6) is 5.75 Å². The molecule has 4 rings (SSSR count). The molecule has 0 aromatic heterocycles. The summed E-state index contributed by atoms with van der Waals surface area (Å²) in [6, 6.07) is 13.3. The van der Waals surface area contributed by atoms with Gasteiger partial charge >= 0.3 is 0 Å². The molecule has 2 aliphatic rings. The van der Waals surface area contributed by atoms with Crippen molar-refractivity contribution in [2.75, 3.05) is 11.9 Å². The van der Waals surface area contributed by atoms with Gasteiger partial charge in [0, 0.05) is 17.8 Å². The molecular formula is C22H26N2O4S. The molecule has 0 saturated heterocycles. The van der Waals surface area contributed by atoms with Gasteiger partial charge in [-0.05, 0) is 93.0 Å². The second-order valence-electron chi connectivity index (χ2n) is 7.82. The number of sulfonamides is 1. The SMILES string of the molecule is O=C(Nc1ccc(S(=O)(=O)NCC2CC2)cc1)c1ccc(OC2CCCC2)cc1. The molecule has 1 amide bonds. The topological polar surface area (TPSA) is 84.5 Å². The van der Waals surface area contributed by atoms with Crippen molar-refractivity contribution >= 4 is 21.6 Å². The molecule has 0 spiro atoms. The third kappa shape index (κ3) is 5.36. The summed E-state index contributed by atoms with van der Waals surface area (Å²) < 4.78 is 33.1. The van der Waals surface area contributed by atoms with Gasteiger partial charge < -0.3 is 10.1 Å². The number of rotatable bonds is 8. The van der Waals surface area contributed by atoms with Crippen molar-refractivity contribution in [3.05, 3.63) is 54.1 Å². The molecular weight excluding hydrogens is 388 g/mol. The van der Waals surface area contributed by atoms with E-state index >= 15 is 0 Å². The van der Waals surface area contributed by atoms with Crippen LogP contribution in [-0.2, 0) is 10.0 Å². The molecule has 29 heavy (non-hydrogen) atoms. The lowest BCUT2D eigenvalue weighted by atomic mass is 10.2. The van der Waals surface area contributed by atoms with Gasteiger partial charge in [0.1, 0.15) is 5.75 Å². The van der Waals surface area contributed by atoms with E-state index < -0.39 is 10.0 Å². The normalized spacial score (nSPS) is 17.2. The lowest BCUT2D eigenvalue weighted by molar-refractivity contribution is 0.102.